The molecule has 1 aliphatic heterocycles. The first-order valence-corrected chi connectivity index (χ1v) is 12.1. The second-order valence-corrected chi connectivity index (χ2v) is 9.48. The number of halogens is 1. The summed E-state index contributed by atoms with van der Waals surface area (Å²) in [5.41, 5.74) is 3.78. The number of benzene rings is 3. The SMILES string of the molecule is CCCCOc1ccc2ccccc2c1/C=C1\SC(=S)N(NC(=O)c2ccc(Cl)cc2)C1=O. The Morgan fingerprint density at radius 2 is 1.91 bits per heavy atom. The molecular weight excluding hydrogens is 476 g/mol. The summed E-state index contributed by atoms with van der Waals surface area (Å²) in [6, 6.07) is 18.3. The van der Waals surface area contributed by atoms with E-state index < -0.39 is 5.91 Å². The monoisotopic (exact) mass is 496 g/mol. The van der Waals surface area contributed by atoms with Gasteiger partial charge in [0.2, 0.25) is 0 Å². The van der Waals surface area contributed by atoms with Crippen LogP contribution in [0.5, 0.6) is 5.75 Å². The maximum Gasteiger partial charge on any atom is 0.285 e. The molecule has 8 heteroatoms. The van der Waals surface area contributed by atoms with Gasteiger partial charge in [0.1, 0.15) is 5.75 Å². The number of hydrogen-bond acceptors (Lipinski definition) is 5. The number of nitrogens with zero attached hydrogens (tertiary/aromatic N) is 1. The quantitative estimate of drug-likeness (QED) is 0.239. The lowest BCUT2D eigenvalue weighted by atomic mass is 10.0. The molecule has 1 heterocycles. The third-order valence-electron chi connectivity index (χ3n) is 5.08. The number of nitrogens with one attached hydrogen (secondary N) is 1. The van der Waals surface area contributed by atoms with Gasteiger partial charge in [0.25, 0.3) is 11.8 Å². The molecule has 4 rings (SSSR count). The van der Waals surface area contributed by atoms with Crippen LogP contribution in [0.15, 0.2) is 65.6 Å². The fourth-order valence-electron chi connectivity index (χ4n) is 3.34. The number of carbonyl (C=O) groups is 2. The van der Waals surface area contributed by atoms with Crippen molar-refractivity contribution in [3.8, 4) is 5.75 Å². The summed E-state index contributed by atoms with van der Waals surface area (Å²) in [6.07, 6.45) is 3.75. The minimum atomic E-state index is -0.446. The summed E-state index contributed by atoms with van der Waals surface area (Å²) in [7, 11) is 0. The van der Waals surface area contributed by atoms with Crippen molar-refractivity contribution < 1.29 is 14.3 Å². The number of carbonyl (C=O) groups excluding carboxylic acids is 2. The van der Waals surface area contributed by atoms with Crippen molar-refractivity contribution in [3.05, 3.63) is 81.7 Å². The Hall–Kier alpha value is -2.87. The highest BCUT2D eigenvalue weighted by Gasteiger charge is 2.34. The van der Waals surface area contributed by atoms with Crippen LogP contribution >= 0.6 is 35.6 Å². The molecule has 1 N–H and O–H groups in total. The standard InChI is InChI=1S/C25H21ClN2O3S2/c1-2-3-14-31-21-13-10-16-6-4-5-7-19(16)20(21)15-22-24(30)28(25(32)33-22)27-23(29)17-8-11-18(26)12-9-17/h4-13,15H,2-3,14H2,1H3,(H,27,29)/b22-15-. The average Bonchev–Trinajstić information content (AvgIpc) is 3.08. The number of thiocarbonyl (C=S) groups is 1. The number of hydrogen-bond donors (Lipinski definition) is 1. The van der Waals surface area contributed by atoms with E-state index in [2.05, 4.69) is 12.3 Å². The molecule has 33 heavy (non-hydrogen) atoms. The highest BCUT2D eigenvalue weighted by atomic mass is 35.5. The van der Waals surface area contributed by atoms with Crippen molar-refractivity contribution in [1.29, 1.82) is 0 Å². The van der Waals surface area contributed by atoms with E-state index in [9.17, 15) is 9.59 Å². The Morgan fingerprint density at radius 1 is 1.15 bits per heavy atom. The van der Waals surface area contributed by atoms with Gasteiger partial charge in [-0.2, -0.15) is 5.01 Å². The van der Waals surface area contributed by atoms with Crippen LogP contribution in [0.3, 0.4) is 0 Å². The Bertz CT molecular complexity index is 1260. The molecule has 3 aromatic carbocycles. The lowest BCUT2D eigenvalue weighted by Crippen LogP contribution is -2.44. The molecule has 0 spiro atoms. The predicted molar refractivity (Wildman–Crippen MR) is 138 cm³/mol. The van der Waals surface area contributed by atoms with Crippen LogP contribution in [-0.2, 0) is 4.79 Å². The van der Waals surface area contributed by atoms with Crippen molar-refractivity contribution in [2.24, 2.45) is 0 Å². The minimum absolute atomic E-state index is 0.252. The minimum Gasteiger partial charge on any atom is -0.493 e. The van der Waals surface area contributed by atoms with Gasteiger partial charge in [-0.15, -0.1) is 0 Å². The summed E-state index contributed by atoms with van der Waals surface area (Å²) in [6.45, 7) is 2.70. The van der Waals surface area contributed by atoms with E-state index in [0.29, 0.717) is 27.8 Å². The molecule has 1 fully saturated rings. The number of rotatable bonds is 7. The highest BCUT2D eigenvalue weighted by Crippen LogP contribution is 2.36. The van der Waals surface area contributed by atoms with E-state index in [-0.39, 0.29) is 10.2 Å². The van der Waals surface area contributed by atoms with Crippen molar-refractivity contribution in [2.75, 3.05) is 6.61 Å². The number of hydrazine groups is 1. The molecule has 0 aliphatic carbocycles. The first kappa shape index (κ1) is 23.3. The maximum absolute atomic E-state index is 13.1. The van der Waals surface area contributed by atoms with E-state index in [1.807, 2.05) is 36.4 Å². The smallest absolute Gasteiger partial charge is 0.285 e. The first-order chi connectivity index (χ1) is 16.0. The lowest BCUT2D eigenvalue weighted by molar-refractivity contribution is -0.123. The van der Waals surface area contributed by atoms with Crippen LogP contribution in [0.4, 0.5) is 0 Å². The first-order valence-electron chi connectivity index (χ1n) is 10.5. The number of amides is 2. The topological polar surface area (TPSA) is 58.6 Å². The third kappa shape index (κ3) is 5.21. The summed E-state index contributed by atoms with van der Waals surface area (Å²) in [5, 5.41) is 3.64. The molecule has 0 aromatic heterocycles. The van der Waals surface area contributed by atoms with Gasteiger partial charge in [0, 0.05) is 16.1 Å². The summed E-state index contributed by atoms with van der Waals surface area (Å²) < 4.78 is 6.28. The Balaban J connectivity index is 1.63. The summed E-state index contributed by atoms with van der Waals surface area (Å²) in [5.74, 6) is -0.129. The van der Waals surface area contributed by atoms with Gasteiger partial charge in [-0.3, -0.25) is 15.0 Å². The van der Waals surface area contributed by atoms with Gasteiger partial charge in [-0.05, 0) is 65.8 Å². The molecule has 5 nitrogen and oxygen atoms in total. The van der Waals surface area contributed by atoms with Crippen LogP contribution < -0.4 is 10.2 Å². The van der Waals surface area contributed by atoms with Gasteiger partial charge in [-0.25, -0.2) is 0 Å². The van der Waals surface area contributed by atoms with Crippen LogP contribution in [0.2, 0.25) is 5.02 Å². The van der Waals surface area contributed by atoms with Crippen LogP contribution in [0, 0.1) is 0 Å². The average molecular weight is 497 g/mol. The van der Waals surface area contributed by atoms with Gasteiger partial charge in [0.05, 0.1) is 11.5 Å². The van der Waals surface area contributed by atoms with Gasteiger partial charge >= 0.3 is 0 Å². The largest absolute Gasteiger partial charge is 0.493 e. The van der Waals surface area contributed by atoms with Gasteiger partial charge in [-0.1, -0.05) is 67.0 Å². The van der Waals surface area contributed by atoms with E-state index in [0.717, 1.165) is 45.9 Å². The molecule has 0 radical (unpaired) electrons. The van der Waals surface area contributed by atoms with Crippen molar-refractivity contribution in [3.63, 3.8) is 0 Å². The molecule has 0 bridgehead atoms. The molecule has 0 saturated carbocycles. The van der Waals surface area contributed by atoms with E-state index >= 15 is 0 Å². The zero-order valence-corrected chi connectivity index (χ0v) is 20.2. The zero-order valence-electron chi connectivity index (χ0n) is 17.8. The fourth-order valence-corrected chi connectivity index (χ4v) is 4.63. The van der Waals surface area contributed by atoms with Crippen molar-refractivity contribution >= 4 is 68.6 Å². The third-order valence-corrected chi connectivity index (χ3v) is 6.63. The van der Waals surface area contributed by atoms with Gasteiger partial charge in [0.15, 0.2) is 4.32 Å². The molecular formula is C25H21ClN2O3S2. The molecule has 0 atom stereocenters. The molecule has 3 aromatic rings. The van der Waals surface area contributed by atoms with E-state index in [1.165, 1.54) is 0 Å². The number of unbranched alkanes of at least 4 members (excludes halogenated alkanes) is 1. The zero-order chi connectivity index (χ0) is 23.4. The van der Waals surface area contributed by atoms with Crippen LogP contribution in [-0.4, -0.2) is 27.8 Å². The fraction of sp³-hybridized carbons (Fsp3) is 0.160. The second kappa shape index (κ2) is 10.4. The Morgan fingerprint density at radius 3 is 2.67 bits per heavy atom. The Kier molecular flexibility index (Phi) is 7.33. The van der Waals surface area contributed by atoms with Crippen LogP contribution in [0.1, 0.15) is 35.7 Å². The van der Waals surface area contributed by atoms with Crippen LogP contribution in [0.25, 0.3) is 16.8 Å². The van der Waals surface area contributed by atoms with E-state index in [4.69, 9.17) is 28.6 Å². The predicted octanol–water partition coefficient (Wildman–Crippen LogP) is 6.22. The van der Waals surface area contributed by atoms with Gasteiger partial charge < -0.3 is 4.74 Å². The molecule has 1 aliphatic rings. The number of fused-ring (bicyclic) bond motifs is 1. The lowest BCUT2D eigenvalue weighted by Gasteiger charge is -2.15. The number of ether oxygens (including phenoxy) is 1. The summed E-state index contributed by atoms with van der Waals surface area (Å²) in [4.78, 5) is 26.1. The van der Waals surface area contributed by atoms with E-state index in [1.54, 1.807) is 30.3 Å². The highest BCUT2D eigenvalue weighted by molar-refractivity contribution is 8.26. The normalized spacial score (nSPS) is 14.8. The number of thioether (sulfide) groups is 1. The molecule has 0 unspecified atom stereocenters. The molecule has 2 amide bonds. The van der Waals surface area contributed by atoms with Crippen molar-refractivity contribution in [1.82, 2.24) is 10.4 Å². The molecule has 168 valence electrons. The second-order valence-electron chi connectivity index (χ2n) is 7.37. The van der Waals surface area contributed by atoms with Crippen molar-refractivity contribution in [2.45, 2.75) is 19.8 Å². The Labute approximate surface area is 206 Å². The maximum atomic E-state index is 13.1. The summed E-state index contributed by atoms with van der Waals surface area (Å²) >= 11 is 12.4. The molecule has 1 saturated heterocycles.